The van der Waals surface area contributed by atoms with Crippen molar-refractivity contribution in [2.24, 2.45) is 0 Å². The van der Waals surface area contributed by atoms with Gasteiger partial charge >= 0.3 is 0 Å². The first kappa shape index (κ1) is 14.3. The van der Waals surface area contributed by atoms with Crippen LogP contribution in [-0.4, -0.2) is 29.8 Å². The lowest BCUT2D eigenvalue weighted by atomic mass is 10.0. The molecule has 1 fully saturated rings. The molecular weight excluding hydrogens is 252 g/mol. The second-order valence-electron chi connectivity index (χ2n) is 4.94. The van der Waals surface area contributed by atoms with Crippen molar-refractivity contribution >= 4 is 11.8 Å². The molecule has 2 rings (SSSR count). The Balaban J connectivity index is 2.19. The summed E-state index contributed by atoms with van der Waals surface area (Å²) in [5.41, 5.74) is 0.804. The van der Waals surface area contributed by atoms with E-state index in [1.54, 1.807) is 0 Å². The lowest BCUT2D eigenvalue weighted by Gasteiger charge is -2.30. The summed E-state index contributed by atoms with van der Waals surface area (Å²) in [5.74, 6) is -0.365. The summed E-state index contributed by atoms with van der Waals surface area (Å²) in [7, 11) is 0. The molecular formula is C16H20N2O2. The molecule has 0 bridgehead atoms. The van der Waals surface area contributed by atoms with Gasteiger partial charge in [0.15, 0.2) is 0 Å². The summed E-state index contributed by atoms with van der Waals surface area (Å²) in [5, 5.41) is 2.73. The molecule has 0 spiro atoms. The van der Waals surface area contributed by atoms with Crippen molar-refractivity contribution in [3.05, 3.63) is 48.6 Å². The molecule has 1 saturated heterocycles. The Kier molecular flexibility index (Phi) is 4.93. The van der Waals surface area contributed by atoms with Gasteiger partial charge in [-0.15, -0.1) is 0 Å². The van der Waals surface area contributed by atoms with Crippen LogP contribution in [0.15, 0.2) is 43.0 Å². The van der Waals surface area contributed by atoms with Crippen LogP contribution in [0.1, 0.15) is 30.9 Å². The van der Waals surface area contributed by atoms with Gasteiger partial charge in [0.1, 0.15) is 6.04 Å². The number of benzene rings is 1. The van der Waals surface area contributed by atoms with Gasteiger partial charge in [0, 0.05) is 13.1 Å². The molecule has 1 unspecified atom stereocenters. The average molecular weight is 272 g/mol. The molecule has 4 nitrogen and oxygen atoms in total. The zero-order chi connectivity index (χ0) is 14.4. The van der Waals surface area contributed by atoms with E-state index in [2.05, 4.69) is 11.9 Å². The number of nitrogens with one attached hydrogen (secondary N) is 1. The lowest BCUT2D eigenvalue weighted by Crippen LogP contribution is -2.44. The minimum Gasteiger partial charge on any atom is -0.341 e. The number of carbonyl (C=O) groups is 2. The number of carbonyl (C=O) groups excluding carboxylic acids is 2. The van der Waals surface area contributed by atoms with Crippen LogP contribution in [0.5, 0.6) is 0 Å². The largest absolute Gasteiger partial charge is 0.341 e. The molecule has 1 atom stereocenters. The average Bonchev–Trinajstić information content (AvgIpc) is 2.53. The number of rotatable bonds is 4. The second-order valence-corrected chi connectivity index (χ2v) is 4.94. The van der Waals surface area contributed by atoms with Gasteiger partial charge in [0.25, 0.3) is 0 Å². The fourth-order valence-corrected chi connectivity index (χ4v) is 2.43. The normalized spacial score (nSPS) is 16.3. The van der Waals surface area contributed by atoms with E-state index in [1.165, 1.54) is 12.5 Å². The van der Waals surface area contributed by atoms with Crippen LogP contribution in [0.3, 0.4) is 0 Å². The van der Waals surface area contributed by atoms with E-state index < -0.39 is 6.04 Å². The summed E-state index contributed by atoms with van der Waals surface area (Å²) in [6.45, 7) is 4.98. The Morgan fingerprint density at radius 3 is 2.40 bits per heavy atom. The van der Waals surface area contributed by atoms with Crippen LogP contribution < -0.4 is 5.32 Å². The van der Waals surface area contributed by atoms with Crippen molar-refractivity contribution in [2.45, 2.75) is 25.3 Å². The summed E-state index contributed by atoms with van der Waals surface area (Å²) in [6.07, 6.45) is 4.42. The fraction of sp³-hybridized carbons (Fsp3) is 0.375. The van der Waals surface area contributed by atoms with Crippen molar-refractivity contribution in [1.29, 1.82) is 0 Å². The molecule has 0 aliphatic carbocycles. The van der Waals surface area contributed by atoms with Crippen LogP contribution in [-0.2, 0) is 9.59 Å². The van der Waals surface area contributed by atoms with Gasteiger partial charge in [-0.1, -0.05) is 36.9 Å². The van der Waals surface area contributed by atoms with Crippen molar-refractivity contribution in [2.75, 3.05) is 13.1 Å². The Hall–Kier alpha value is -2.10. The number of likely N-dealkylation sites (tertiary alicyclic amines) is 1. The van der Waals surface area contributed by atoms with E-state index in [1.807, 2.05) is 35.2 Å². The number of hydrogen-bond donors (Lipinski definition) is 1. The topological polar surface area (TPSA) is 49.4 Å². The fourth-order valence-electron chi connectivity index (χ4n) is 2.43. The molecule has 106 valence electrons. The van der Waals surface area contributed by atoms with E-state index >= 15 is 0 Å². The van der Waals surface area contributed by atoms with Crippen LogP contribution in [0.25, 0.3) is 0 Å². The second kappa shape index (κ2) is 6.89. The van der Waals surface area contributed by atoms with Crippen LogP contribution in [0.2, 0.25) is 0 Å². The zero-order valence-corrected chi connectivity index (χ0v) is 11.5. The van der Waals surface area contributed by atoms with E-state index in [0.717, 1.165) is 31.5 Å². The highest BCUT2D eigenvalue weighted by atomic mass is 16.2. The van der Waals surface area contributed by atoms with E-state index in [9.17, 15) is 9.59 Å². The third kappa shape index (κ3) is 3.47. The first-order valence-corrected chi connectivity index (χ1v) is 6.99. The quantitative estimate of drug-likeness (QED) is 0.853. The van der Waals surface area contributed by atoms with Gasteiger partial charge in [-0.3, -0.25) is 9.59 Å². The maximum Gasteiger partial charge on any atom is 0.249 e. The molecule has 1 aliphatic heterocycles. The van der Waals surface area contributed by atoms with E-state index in [0.29, 0.717) is 0 Å². The highest BCUT2D eigenvalue weighted by Crippen LogP contribution is 2.19. The summed E-state index contributed by atoms with van der Waals surface area (Å²) in [4.78, 5) is 26.0. The summed E-state index contributed by atoms with van der Waals surface area (Å²) in [6, 6.07) is 8.71. The van der Waals surface area contributed by atoms with Crippen LogP contribution in [0.4, 0.5) is 0 Å². The highest BCUT2D eigenvalue weighted by Gasteiger charge is 2.27. The first-order valence-electron chi connectivity index (χ1n) is 6.99. The molecule has 1 aromatic rings. The molecule has 1 heterocycles. The first-order chi connectivity index (χ1) is 9.72. The van der Waals surface area contributed by atoms with Gasteiger partial charge in [-0.25, -0.2) is 0 Å². The number of piperidine rings is 1. The van der Waals surface area contributed by atoms with Gasteiger partial charge in [-0.05, 0) is 30.9 Å². The van der Waals surface area contributed by atoms with Crippen LogP contribution in [0, 0.1) is 0 Å². The van der Waals surface area contributed by atoms with Gasteiger partial charge in [0.2, 0.25) is 11.8 Å². The predicted molar refractivity (Wildman–Crippen MR) is 78.0 cm³/mol. The molecule has 0 radical (unpaired) electrons. The van der Waals surface area contributed by atoms with Gasteiger partial charge < -0.3 is 10.2 Å². The molecule has 4 heteroatoms. The molecule has 20 heavy (non-hydrogen) atoms. The smallest absolute Gasteiger partial charge is 0.249 e. The maximum atomic E-state index is 12.6. The SMILES string of the molecule is C=CC(=O)NC(C(=O)N1CCCCC1)c1ccccc1. The third-order valence-corrected chi connectivity index (χ3v) is 3.52. The molecule has 0 saturated carbocycles. The molecule has 1 aromatic carbocycles. The van der Waals surface area contributed by atoms with Crippen LogP contribution >= 0.6 is 0 Å². The standard InChI is InChI=1S/C16H20N2O2/c1-2-14(19)17-15(13-9-5-3-6-10-13)16(20)18-11-7-4-8-12-18/h2-3,5-6,9-10,15H,1,4,7-8,11-12H2,(H,17,19). The molecule has 1 aliphatic rings. The Bertz CT molecular complexity index is 479. The number of hydrogen-bond acceptors (Lipinski definition) is 2. The Morgan fingerprint density at radius 1 is 1.15 bits per heavy atom. The van der Waals surface area contributed by atoms with Crippen molar-refractivity contribution in [3.63, 3.8) is 0 Å². The maximum absolute atomic E-state index is 12.6. The Morgan fingerprint density at radius 2 is 1.80 bits per heavy atom. The minimum absolute atomic E-state index is 0.0360. The Labute approximate surface area is 119 Å². The highest BCUT2D eigenvalue weighted by molar-refractivity contribution is 5.93. The number of nitrogens with zero attached hydrogens (tertiary/aromatic N) is 1. The van der Waals surface area contributed by atoms with Crippen molar-refractivity contribution in [1.82, 2.24) is 10.2 Å². The summed E-state index contributed by atoms with van der Waals surface area (Å²) >= 11 is 0. The van der Waals surface area contributed by atoms with E-state index in [-0.39, 0.29) is 11.8 Å². The molecule has 2 amide bonds. The van der Waals surface area contributed by atoms with Crippen molar-refractivity contribution < 1.29 is 9.59 Å². The monoisotopic (exact) mass is 272 g/mol. The van der Waals surface area contributed by atoms with Gasteiger partial charge in [-0.2, -0.15) is 0 Å². The van der Waals surface area contributed by atoms with Gasteiger partial charge in [0.05, 0.1) is 0 Å². The number of amides is 2. The summed E-state index contributed by atoms with van der Waals surface area (Å²) < 4.78 is 0. The predicted octanol–water partition coefficient (Wildman–Crippen LogP) is 2.04. The zero-order valence-electron chi connectivity index (χ0n) is 11.5. The molecule has 0 aromatic heterocycles. The van der Waals surface area contributed by atoms with E-state index in [4.69, 9.17) is 0 Å². The molecule has 1 N–H and O–H groups in total. The van der Waals surface area contributed by atoms with Crippen molar-refractivity contribution in [3.8, 4) is 0 Å². The minimum atomic E-state index is -0.625. The third-order valence-electron chi connectivity index (χ3n) is 3.52. The lowest BCUT2D eigenvalue weighted by molar-refractivity contribution is -0.136.